The molecule has 0 radical (unpaired) electrons. The zero-order valence-corrected chi connectivity index (χ0v) is 8.82. The van der Waals surface area contributed by atoms with Gasteiger partial charge in [0, 0.05) is 0 Å². The zero-order chi connectivity index (χ0) is 11.3. The van der Waals surface area contributed by atoms with E-state index >= 15 is 0 Å². The highest BCUT2D eigenvalue weighted by atomic mass is 16.5. The van der Waals surface area contributed by atoms with Gasteiger partial charge >= 0.3 is 5.97 Å². The van der Waals surface area contributed by atoms with Crippen LogP contribution in [0, 0.1) is 6.92 Å². The molecule has 1 aromatic rings. The molecule has 0 aliphatic heterocycles. The van der Waals surface area contributed by atoms with E-state index in [4.69, 9.17) is 0 Å². The second kappa shape index (κ2) is 5.15. The topological polar surface area (TPSA) is 26.3 Å². The molecular weight excluding hydrogens is 188 g/mol. The minimum atomic E-state index is -0.297. The average Bonchev–Trinajstić information content (AvgIpc) is 2.21. The molecule has 0 saturated heterocycles. The summed E-state index contributed by atoms with van der Waals surface area (Å²) in [5, 5.41) is 0. The van der Waals surface area contributed by atoms with E-state index in [1.165, 1.54) is 0 Å². The molecule has 2 nitrogen and oxygen atoms in total. The number of rotatable bonds is 4. The third-order valence-corrected chi connectivity index (χ3v) is 2.26. The summed E-state index contributed by atoms with van der Waals surface area (Å²) in [7, 11) is 0. The fraction of sp³-hybridized carbons (Fsp3) is 0.154. The van der Waals surface area contributed by atoms with Gasteiger partial charge in [-0.3, -0.25) is 4.79 Å². The highest BCUT2D eigenvalue weighted by Crippen LogP contribution is 2.15. The van der Waals surface area contributed by atoms with Crippen molar-refractivity contribution < 1.29 is 9.53 Å². The van der Waals surface area contributed by atoms with Crippen LogP contribution >= 0.6 is 0 Å². The maximum atomic E-state index is 11.2. The number of ether oxygens (including phenoxy) is 1. The van der Waals surface area contributed by atoms with Gasteiger partial charge in [0.2, 0.25) is 0 Å². The predicted molar refractivity (Wildman–Crippen MR) is 61.3 cm³/mol. The van der Waals surface area contributed by atoms with E-state index in [0.29, 0.717) is 0 Å². The minimum Gasteiger partial charge on any atom is -0.435 e. The van der Waals surface area contributed by atoms with Crippen LogP contribution in [-0.2, 0) is 16.0 Å². The Hall–Kier alpha value is -1.83. The zero-order valence-electron chi connectivity index (χ0n) is 8.82. The van der Waals surface area contributed by atoms with Crippen LogP contribution in [0.15, 0.2) is 37.6 Å². The Morgan fingerprint density at radius 2 is 2.20 bits per heavy atom. The molecular formula is C13H14O2. The summed E-state index contributed by atoms with van der Waals surface area (Å²) < 4.78 is 4.67. The number of benzene rings is 1. The molecule has 0 bridgehead atoms. The summed E-state index contributed by atoms with van der Waals surface area (Å²) in [6.07, 6.45) is 3.19. The van der Waals surface area contributed by atoms with Crippen molar-refractivity contribution in [3.8, 4) is 0 Å². The lowest BCUT2D eigenvalue weighted by Gasteiger charge is -2.07. The quantitative estimate of drug-likeness (QED) is 0.554. The average molecular weight is 202 g/mol. The largest absolute Gasteiger partial charge is 0.435 e. The van der Waals surface area contributed by atoms with Crippen molar-refractivity contribution in [2.45, 2.75) is 13.3 Å². The molecule has 0 saturated carbocycles. The second-order valence-electron chi connectivity index (χ2n) is 3.17. The second-order valence-corrected chi connectivity index (χ2v) is 3.17. The number of hydrogen-bond donors (Lipinski definition) is 0. The standard InChI is InChI=1S/C13H14O2/c1-4-11-7-6-8-12(10(11)3)9-13(14)15-5-2/h4-8H,1-2,9H2,3H3. The number of carbonyl (C=O) groups is 1. The first-order chi connectivity index (χ1) is 7.19. The Balaban J connectivity index is 2.90. The van der Waals surface area contributed by atoms with Crippen molar-refractivity contribution in [3.63, 3.8) is 0 Å². The fourth-order valence-corrected chi connectivity index (χ4v) is 1.41. The fourth-order valence-electron chi connectivity index (χ4n) is 1.41. The van der Waals surface area contributed by atoms with Crippen LogP contribution in [0.25, 0.3) is 6.08 Å². The smallest absolute Gasteiger partial charge is 0.315 e. The van der Waals surface area contributed by atoms with E-state index in [2.05, 4.69) is 17.9 Å². The van der Waals surface area contributed by atoms with Crippen molar-refractivity contribution >= 4 is 12.0 Å². The van der Waals surface area contributed by atoms with Crippen molar-refractivity contribution in [3.05, 3.63) is 54.3 Å². The molecule has 0 aliphatic rings. The Kier molecular flexibility index (Phi) is 3.86. The first-order valence-corrected chi connectivity index (χ1v) is 4.70. The van der Waals surface area contributed by atoms with Gasteiger partial charge in [0.25, 0.3) is 0 Å². The summed E-state index contributed by atoms with van der Waals surface area (Å²) in [6, 6.07) is 5.78. The SMILES string of the molecule is C=COC(=O)Cc1cccc(C=C)c1C. The molecule has 0 spiro atoms. The van der Waals surface area contributed by atoms with Gasteiger partial charge < -0.3 is 4.74 Å². The van der Waals surface area contributed by atoms with E-state index in [1.54, 1.807) is 6.08 Å². The van der Waals surface area contributed by atoms with Crippen LogP contribution in [-0.4, -0.2) is 5.97 Å². The molecule has 0 aromatic heterocycles. The van der Waals surface area contributed by atoms with E-state index < -0.39 is 0 Å². The molecule has 78 valence electrons. The van der Waals surface area contributed by atoms with Crippen LogP contribution in [0.2, 0.25) is 0 Å². The number of hydrogen-bond acceptors (Lipinski definition) is 2. The van der Waals surface area contributed by atoms with Gasteiger partial charge in [0.1, 0.15) is 0 Å². The van der Waals surface area contributed by atoms with Gasteiger partial charge in [-0.2, -0.15) is 0 Å². The molecule has 1 rings (SSSR count). The molecule has 0 aliphatic carbocycles. The van der Waals surface area contributed by atoms with E-state index in [-0.39, 0.29) is 12.4 Å². The van der Waals surface area contributed by atoms with Gasteiger partial charge in [-0.1, -0.05) is 37.4 Å². The lowest BCUT2D eigenvalue weighted by atomic mass is 10.0. The van der Waals surface area contributed by atoms with E-state index in [1.807, 2.05) is 25.1 Å². The third-order valence-electron chi connectivity index (χ3n) is 2.26. The van der Waals surface area contributed by atoms with Crippen molar-refractivity contribution in [2.75, 3.05) is 0 Å². The van der Waals surface area contributed by atoms with Gasteiger partial charge in [-0.15, -0.1) is 0 Å². The Bertz CT molecular complexity index is 392. The van der Waals surface area contributed by atoms with Crippen molar-refractivity contribution in [1.29, 1.82) is 0 Å². The van der Waals surface area contributed by atoms with Crippen molar-refractivity contribution in [2.24, 2.45) is 0 Å². The molecule has 1 aromatic carbocycles. The molecule has 15 heavy (non-hydrogen) atoms. The minimum absolute atomic E-state index is 0.263. The molecule has 0 unspecified atom stereocenters. The molecule has 0 atom stereocenters. The normalized spacial score (nSPS) is 9.40. The first-order valence-electron chi connectivity index (χ1n) is 4.70. The highest BCUT2D eigenvalue weighted by Gasteiger charge is 2.07. The van der Waals surface area contributed by atoms with E-state index in [9.17, 15) is 4.79 Å². The molecule has 0 fully saturated rings. The molecule has 0 N–H and O–H groups in total. The molecule has 0 amide bonds. The summed E-state index contributed by atoms with van der Waals surface area (Å²) in [4.78, 5) is 11.2. The van der Waals surface area contributed by atoms with Crippen molar-refractivity contribution in [1.82, 2.24) is 0 Å². The summed E-state index contributed by atoms with van der Waals surface area (Å²) >= 11 is 0. The Morgan fingerprint density at radius 1 is 1.47 bits per heavy atom. The summed E-state index contributed by atoms with van der Waals surface area (Å²) in [6.45, 7) is 9.02. The lowest BCUT2D eigenvalue weighted by Crippen LogP contribution is -2.05. The van der Waals surface area contributed by atoms with Gasteiger partial charge in [-0.05, 0) is 23.6 Å². The van der Waals surface area contributed by atoms with Crippen LogP contribution < -0.4 is 0 Å². The van der Waals surface area contributed by atoms with Gasteiger partial charge in [0.15, 0.2) is 0 Å². The highest BCUT2D eigenvalue weighted by molar-refractivity contribution is 5.74. The summed E-state index contributed by atoms with van der Waals surface area (Å²) in [5.41, 5.74) is 3.06. The van der Waals surface area contributed by atoms with Crippen LogP contribution in [0.3, 0.4) is 0 Å². The van der Waals surface area contributed by atoms with Gasteiger partial charge in [0.05, 0.1) is 12.7 Å². The maximum absolute atomic E-state index is 11.2. The number of carbonyl (C=O) groups excluding carboxylic acids is 1. The van der Waals surface area contributed by atoms with Crippen LogP contribution in [0.1, 0.15) is 16.7 Å². The summed E-state index contributed by atoms with van der Waals surface area (Å²) in [5.74, 6) is -0.297. The Morgan fingerprint density at radius 3 is 2.80 bits per heavy atom. The number of esters is 1. The first kappa shape index (κ1) is 11.2. The maximum Gasteiger partial charge on any atom is 0.315 e. The predicted octanol–water partition coefficient (Wildman–Crippen LogP) is 2.87. The van der Waals surface area contributed by atoms with Crippen LogP contribution in [0.4, 0.5) is 0 Å². The lowest BCUT2D eigenvalue weighted by molar-refractivity contribution is -0.137. The van der Waals surface area contributed by atoms with Gasteiger partial charge in [-0.25, -0.2) is 0 Å². The Labute approximate surface area is 89.9 Å². The third kappa shape index (κ3) is 2.81. The van der Waals surface area contributed by atoms with Crippen LogP contribution in [0.5, 0.6) is 0 Å². The molecule has 0 heterocycles. The van der Waals surface area contributed by atoms with E-state index in [0.717, 1.165) is 23.0 Å². The monoisotopic (exact) mass is 202 g/mol. The molecule has 2 heteroatoms.